The van der Waals surface area contributed by atoms with E-state index in [0.717, 1.165) is 6.54 Å². The molecule has 0 bridgehead atoms. The zero-order valence-electron chi connectivity index (χ0n) is 11.6. The summed E-state index contributed by atoms with van der Waals surface area (Å²) in [7, 11) is 0. The van der Waals surface area contributed by atoms with Crippen molar-refractivity contribution in [2.45, 2.75) is 18.6 Å². The lowest BCUT2D eigenvalue weighted by molar-refractivity contribution is -0.137. The maximum absolute atomic E-state index is 12.6. The van der Waals surface area contributed by atoms with Gasteiger partial charge in [0, 0.05) is 49.2 Å². The predicted octanol–water partition coefficient (Wildman–Crippen LogP) is 3.43. The molecular weight excluding hydrogens is 333 g/mol. The van der Waals surface area contributed by atoms with Crippen molar-refractivity contribution in [1.82, 2.24) is 9.88 Å². The molecule has 0 radical (unpaired) electrons. The van der Waals surface area contributed by atoms with Crippen molar-refractivity contribution in [2.24, 2.45) is 5.92 Å². The molecule has 1 aliphatic heterocycles. The lowest BCUT2D eigenvalue weighted by atomic mass is 9.92. The van der Waals surface area contributed by atoms with Crippen LogP contribution in [0.4, 0.5) is 13.2 Å². The number of likely N-dealkylation sites (tertiary alicyclic amines) is 1. The summed E-state index contributed by atoms with van der Waals surface area (Å²) in [4.78, 5) is 6.16. The van der Waals surface area contributed by atoms with Crippen molar-refractivity contribution in [1.29, 1.82) is 0 Å². The van der Waals surface area contributed by atoms with Crippen molar-refractivity contribution in [2.75, 3.05) is 19.7 Å². The normalized spacial score (nSPS) is 23.3. The molecule has 8 heteroatoms. The number of thiazole rings is 1. The van der Waals surface area contributed by atoms with E-state index in [1.807, 2.05) is 5.38 Å². The molecule has 1 fully saturated rings. The summed E-state index contributed by atoms with van der Waals surface area (Å²) in [6.45, 7) is 1.98. The van der Waals surface area contributed by atoms with Gasteiger partial charge in [0.25, 0.3) is 0 Å². The van der Waals surface area contributed by atoms with Crippen LogP contribution >= 0.6 is 22.7 Å². The van der Waals surface area contributed by atoms with E-state index in [0.29, 0.717) is 29.3 Å². The molecule has 120 valence electrons. The summed E-state index contributed by atoms with van der Waals surface area (Å²) in [6, 6.07) is 2.05. The fraction of sp³-hybridized carbons (Fsp3) is 0.500. The lowest BCUT2D eigenvalue weighted by Gasteiger charge is -2.14. The lowest BCUT2D eigenvalue weighted by Crippen LogP contribution is -2.20. The first-order valence-corrected chi connectivity index (χ1v) is 8.60. The number of hydrogen-bond acceptors (Lipinski definition) is 5. The van der Waals surface area contributed by atoms with Crippen LogP contribution in [-0.4, -0.2) is 34.7 Å². The second-order valence-electron chi connectivity index (χ2n) is 5.43. The van der Waals surface area contributed by atoms with E-state index >= 15 is 0 Å². The monoisotopic (exact) mass is 348 g/mol. The Labute approximate surface area is 134 Å². The molecule has 3 nitrogen and oxygen atoms in total. The Bertz CT molecular complexity index is 612. The van der Waals surface area contributed by atoms with Crippen LogP contribution in [0.15, 0.2) is 23.0 Å². The van der Waals surface area contributed by atoms with Gasteiger partial charge in [-0.2, -0.15) is 24.5 Å². The number of thiophene rings is 1. The van der Waals surface area contributed by atoms with Crippen LogP contribution in [0, 0.1) is 5.92 Å². The molecule has 1 N–H and O–H groups in total. The molecule has 0 aromatic carbocycles. The highest BCUT2D eigenvalue weighted by Gasteiger charge is 2.36. The van der Waals surface area contributed by atoms with E-state index in [2.05, 4.69) is 21.3 Å². The molecule has 22 heavy (non-hydrogen) atoms. The first-order valence-electron chi connectivity index (χ1n) is 6.84. The molecule has 2 aromatic rings. The first-order chi connectivity index (χ1) is 10.5. The van der Waals surface area contributed by atoms with Crippen molar-refractivity contribution in [3.05, 3.63) is 38.5 Å². The predicted molar refractivity (Wildman–Crippen MR) is 80.0 cm³/mol. The van der Waals surface area contributed by atoms with Gasteiger partial charge in [-0.15, -0.1) is 11.3 Å². The fourth-order valence-corrected chi connectivity index (χ4v) is 4.42. The Kier molecular flexibility index (Phi) is 4.54. The Morgan fingerprint density at radius 1 is 1.36 bits per heavy atom. The van der Waals surface area contributed by atoms with E-state index in [-0.39, 0.29) is 18.4 Å². The Balaban J connectivity index is 1.68. The Hall–Kier alpha value is -0.960. The first kappa shape index (κ1) is 15.9. The number of hydrogen-bond donors (Lipinski definition) is 1. The van der Waals surface area contributed by atoms with E-state index in [4.69, 9.17) is 0 Å². The number of aliphatic hydroxyl groups excluding tert-OH is 1. The summed E-state index contributed by atoms with van der Waals surface area (Å²) < 4.78 is 37.7. The summed E-state index contributed by atoms with van der Waals surface area (Å²) in [6.07, 6.45) is -3.07. The molecule has 1 saturated heterocycles. The number of nitrogens with zero attached hydrogens (tertiary/aromatic N) is 2. The van der Waals surface area contributed by atoms with Crippen molar-refractivity contribution in [3.63, 3.8) is 0 Å². The van der Waals surface area contributed by atoms with E-state index in [1.165, 1.54) is 11.8 Å². The maximum Gasteiger partial charge on any atom is 0.443 e. The Morgan fingerprint density at radius 2 is 2.18 bits per heavy atom. The van der Waals surface area contributed by atoms with Gasteiger partial charge in [-0.25, -0.2) is 4.98 Å². The SMILES string of the molecule is OC[C@@H]1CN(Cc2cnc(C(F)(F)F)s2)C[C@H]1c1ccsc1. The third kappa shape index (κ3) is 3.34. The molecule has 0 aliphatic carbocycles. The van der Waals surface area contributed by atoms with E-state index in [9.17, 15) is 18.3 Å². The molecule has 0 unspecified atom stereocenters. The molecule has 0 saturated carbocycles. The second kappa shape index (κ2) is 6.27. The molecule has 2 aromatic heterocycles. The molecule has 2 atom stereocenters. The topological polar surface area (TPSA) is 36.4 Å². The molecule has 3 rings (SSSR count). The van der Waals surface area contributed by atoms with Gasteiger partial charge in [0.15, 0.2) is 5.01 Å². The van der Waals surface area contributed by atoms with E-state index < -0.39 is 11.2 Å². The van der Waals surface area contributed by atoms with Crippen LogP contribution in [0.1, 0.15) is 21.4 Å². The summed E-state index contributed by atoms with van der Waals surface area (Å²) >= 11 is 2.31. The second-order valence-corrected chi connectivity index (χ2v) is 7.32. The van der Waals surface area contributed by atoms with Gasteiger partial charge < -0.3 is 5.11 Å². The minimum atomic E-state index is -4.37. The standard InChI is InChI=1S/C14H15F3N2OS2/c15-14(16,17)13-18-3-11(22-13)5-19-4-10(7-20)12(6-19)9-1-2-21-8-9/h1-3,8,10,12,20H,4-7H2/t10-,12-/m0/s1. The summed E-state index contributed by atoms with van der Waals surface area (Å²) in [5.41, 5.74) is 1.20. The molecular formula is C14H15F3N2OS2. The van der Waals surface area contributed by atoms with Crippen LogP contribution in [0.2, 0.25) is 0 Å². The van der Waals surface area contributed by atoms with Gasteiger partial charge in [-0.1, -0.05) is 0 Å². The zero-order valence-corrected chi connectivity index (χ0v) is 13.2. The molecule has 3 heterocycles. The van der Waals surface area contributed by atoms with Gasteiger partial charge in [0.1, 0.15) is 0 Å². The van der Waals surface area contributed by atoms with Crippen molar-refractivity contribution in [3.8, 4) is 0 Å². The quantitative estimate of drug-likeness (QED) is 0.920. The van der Waals surface area contributed by atoms with Crippen LogP contribution < -0.4 is 0 Å². The highest BCUT2D eigenvalue weighted by molar-refractivity contribution is 7.11. The highest BCUT2D eigenvalue weighted by Crippen LogP contribution is 2.36. The third-order valence-electron chi connectivity index (χ3n) is 3.90. The van der Waals surface area contributed by atoms with Crippen LogP contribution in [0.25, 0.3) is 0 Å². The Morgan fingerprint density at radius 3 is 2.77 bits per heavy atom. The minimum absolute atomic E-state index is 0.0908. The van der Waals surface area contributed by atoms with Gasteiger partial charge in [0.2, 0.25) is 0 Å². The number of halogens is 3. The summed E-state index contributed by atoms with van der Waals surface area (Å²) in [5.74, 6) is 0.371. The van der Waals surface area contributed by atoms with Crippen molar-refractivity contribution < 1.29 is 18.3 Å². The molecule has 0 spiro atoms. The zero-order chi connectivity index (χ0) is 15.7. The minimum Gasteiger partial charge on any atom is -0.396 e. The summed E-state index contributed by atoms with van der Waals surface area (Å²) in [5, 5.41) is 12.8. The number of alkyl halides is 3. The van der Waals surface area contributed by atoms with Gasteiger partial charge >= 0.3 is 6.18 Å². The van der Waals surface area contributed by atoms with Gasteiger partial charge in [-0.05, 0) is 22.4 Å². The third-order valence-corrected chi connectivity index (χ3v) is 5.63. The van der Waals surface area contributed by atoms with E-state index in [1.54, 1.807) is 11.3 Å². The number of aromatic nitrogens is 1. The molecule has 1 aliphatic rings. The van der Waals surface area contributed by atoms with Crippen LogP contribution in [0.3, 0.4) is 0 Å². The number of aliphatic hydroxyl groups is 1. The largest absolute Gasteiger partial charge is 0.443 e. The maximum atomic E-state index is 12.6. The molecule has 0 amide bonds. The van der Waals surface area contributed by atoms with Gasteiger partial charge in [0.05, 0.1) is 0 Å². The fourth-order valence-electron chi connectivity index (χ4n) is 2.87. The van der Waals surface area contributed by atoms with Crippen LogP contribution in [-0.2, 0) is 12.7 Å². The van der Waals surface area contributed by atoms with Gasteiger partial charge in [-0.3, -0.25) is 4.90 Å². The number of rotatable bonds is 4. The van der Waals surface area contributed by atoms with Crippen LogP contribution in [0.5, 0.6) is 0 Å². The average Bonchev–Trinajstić information content (AvgIpc) is 3.17. The average molecular weight is 348 g/mol. The smallest absolute Gasteiger partial charge is 0.396 e. The highest BCUT2D eigenvalue weighted by atomic mass is 32.1. The van der Waals surface area contributed by atoms with Crippen molar-refractivity contribution >= 4 is 22.7 Å².